The molecule has 44 heavy (non-hydrogen) atoms. The molecule has 0 radical (unpaired) electrons. The van der Waals surface area contributed by atoms with Gasteiger partial charge >= 0.3 is 0 Å². The number of fused-ring (bicyclic) bond motifs is 1. The minimum Gasteiger partial charge on any atom is -0.354 e. The molecule has 1 fully saturated rings. The Morgan fingerprint density at radius 1 is 1.05 bits per heavy atom. The Kier molecular flexibility index (Phi) is 9.01. The SMILES string of the molecule is CCN1CCC(n2cc(C(Cc3cc(Cl)c4ncc(C#N)c(Nc5ccc(F)c(Cl)c5)c4c3)c3ccc(Cl)cc3)nn2)CC1. The second-order valence-electron chi connectivity index (χ2n) is 11.0. The minimum absolute atomic E-state index is 0.0274. The number of anilines is 2. The van der Waals surface area contributed by atoms with Crippen LogP contribution in [0.4, 0.5) is 15.8 Å². The number of hydrogen-bond acceptors (Lipinski definition) is 6. The summed E-state index contributed by atoms with van der Waals surface area (Å²) in [5, 5.41) is 24.1. The van der Waals surface area contributed by atoms with Gasteiger partial charge in [0.1, 0.15) is 11.9 Å². The maximum absolute atomic E-state index is 13.8. The number of aromatic nitrogens is 4. The van der Waals surface area contributed by atoms with Gasteiger partial charge in [-0.15, -0.1) is 5.10 Å². The number of piperidine rings is 1. The highest BCUT2D eigenvalue weighted by Crippen LogP contribution is 2.37. The molecule has 0 amide bonds. The number of hydrogen-bond donors (Lipinski definition) is 1. The topological polar surface area (TPSA) is 82.7 Å². The van der Waals surface area contributed by atoms with E-state index in [2.05, 4.69) is 44.7 Å². The zero-order chi connectivity index (χ0) is 30.8. The van der Waals surface area contributed by atoms with Gasteiger partial charge in [-0.25, -0.2) is 9.07 Å². The number of likely N-dealkylation sites (tertiary alicyclic amines) is 1. The van der Waals surface area contributed by atoms with Gasteiger partial charge < -0.3 is 10.2 Å². The molecule has 224 valence electrons. The van der Waals surface area contributed by atoms with Gasteiger partial charge in [-0.05, 0) is 79.4 Å². The summed E-state index contributed by atoms with van der Waals surface area (Å²) < 4.78 is 15.9. The van der Waals surface area contributed by atoms with Gasteiger partial charge in [0.2, 0.25) is 0 Å². The van der Waals surface area contributed by atoms with Crippen LogP contribution in [0.3, 0.4) is 0 Å². The first-order valence-corrected chi connectivity index (χ1v) is 15.6. The second-order valence-corrected chi connectivity index (χ2v) is 12.2. The lowest BCUT2D eigenvalue weighted by Crippen LogP contribution is -2.34. The van der Waals surface area contributed by atoms with Crippen molar-refractivity contribution in [1.29, 1.82) is 5.26 Å². The summed E-state index contributed by atoms with van der Waals surface area (Å²) >= 11 is 19.1. The van der Waals surface area contributed by atoms with Gasteiger partial charge in [-0.3, -0.25) is 4.98 Å². The fourth-order valence-corrected chi connectivity index (χ4v) is 6.42. The standard InChI is InChI=1S/C33H29Cl3FN7/c1-2-43-11-9-25(10-12-43)44-19-31(41-42-44)26(21-3-5-23(34)6-4-21)13-20-14-27-32(40-24-7-8-30(37)28(35)16-24)22(17-38)18-39-33(27)29(36)15-20/h3-8,14-16,18-19,25-26H,2,9-13H2,1H3,(H,39,40). The molecule has 0 aliphatic carbocycles. The molecule has 5 aromatic rings. The largest absolute Gasteiger partial charge is 0.354 e. The fraction of sp³-hybridized carbons (Fsp3) is 0.273. The van der Waals surface area contributed by atoms with Gasteiger partial charge in [-0.2, -0.15) is 5.26 Å². The molecule has 2 aromatic heterocycles. The number of halogens is 4. The predicted octanol–water partition coefficient (Wildman–Crippen LogP) is 8.57. The first-order valence-electron chi connectivity index (χ1n) is 14.5. The summed E-state index contributed by atoms with van der Waals surface area (Å²) in [6, 6.07) is 18.5. The van der Waals surface area contributed by atoms with E-state index in [0.717, 1.165) is 49.3 Å². The zero-order valence-corrected chi connectivity index (χ0v) is 26.2. The molecule has 1 saturated heterocycles. The number of pyridine rings is 1. The zero-order valence-electron chi connectivity index (χ0n) is 23.9. The minimum atomic E-state index is -0.528. The Labute approximate surface area is 270 Å². The highest BCUT2D eigenvalue weighted by molar-refractivity contribution is 6.35. The van der Waals surface area contributed by atoms with Gasteiger partial charge in [0.15, 0.2) is 0 Å². The van der Waals surface area contributed by atoms with Crippen molar-refractivity contribution < 1.29 is 4.39 Å². The lowest BCUT2D eigenvalue weighted by atomic mass is 9.89. The molecule has 6 rings (SSSR count). The van der Waals surface area contributed by atoms with E-state index in [0.29, 0.717) is 50.3 Å². The van der Waals surface area contributed by atoms with Crippen LogP contribution in [0.1, 0.15) is 54.1 Å². The summed E-state index contributed by atoms with van der Waals surface area (Å²) in [7, 11) is 0. The van der Waals surface area contributed by atoms with Crippen LogP contribution < -0.4 is 5.32 Å². The third-order valence-corrected chi connectivity index (χ3v) is 9.10. The number of nitrogens with one attached hydrogen (secondary N) is 1. The molecule has 1 unspecified atom stereocenters. The second kappa shape index (κ2) is 13.1. The van der Waals surface area contributed by atoms with E-state index >= 15 is 0 Å². The van der Waals surface area contributed by atoms with Crippen LogP contribution in [0, 0.1) is 17.1 Å². The smallest absolute Gasteiger partial charge is 0.141 e. The van der Waals surface area contributed by atoms with Crippen LogP contribution in [-0.4, -0.2) is 44.5 Å². The summed E-state index contributed by atoms with van der Waals surface area (Å²) in [5.74, 6) is -0.663. The van der Waals surface area contributed by atoms with Crippen molar-refractivity contribution in [2.75, 3.05) is 25.0 Å². The van der Waals surface area contributed by atoms with E-state index in [4.69, 9.17) is 34.8 Å². The first-order chi connectivity index (χ1) is 21.3. The van der Waals surface area contributed by atoms with Crippen LogP contribution in [-0.2, 0) is 6.42 Å². The highest BCUT2D eigenvalue weighted by atomic mass is 35.5. The van der Waals surface area contributed by atoms with Crippen molar-refractivity contribution in [3.63, 3.8) is 0 Å². The average molecular weight is 649 g/mol. The number of nitrogens with zero attached hydrogens (tertiary/aromatic N) is 6. The summed E-state index contributed by atoms with van der Waals surface area (Å²) in [4.78, 5) is 6.93. The third kappa shape index (κ3) is 6.38. The van der Waals surface area contributed by atoms with Crippen LogP contribution in [0.15, 0.2) is 67.0 Å². The number of rotatable bonds is 8. The molecule has 0 bridgehead atoms. The third-order valence-electron chi connectivity index (χ3n) is 8.27. The fourth-order valence-electron chi connectivity index (χ4n) is 5.82. The van der Waals surface area contributed by atoms with Crippen molar-refractivity contribution in [1.82, 2.24) is 24.9 Å². The van der Waals surface area contributed by atoms with Crippen LogP contribution in [0.25, 0.3) is 10.9 Å². The average Bonchev–Trinajstić information content (AvgIpc) is 3.52. The molecule has 0 saturated carbocycles. The van der Waals surface area contributed by atoms with E-state index in [9.17, 15) is 9.65 Å². The van der Waals surface area contributed by atoms with Gasteiger partial charge in [0, 0.05) is 47.5 Å². The Bertz CT molecular complexity index is 1840. The normalized spacial score (nSPS) is 14.9. The molecule has 1 aliphatic heterocycles. The van der Waals surface area contributed by atoms with Gasteiger partial charge in [0.05, 0.1) is 38.5 Å². The number of nitriles is 1. The maximum atomic E-state index is 13.8. The van der Waals surface area contributed by atoms with Crippen LogP contribution in [0.5, 0.6) is 0 Å². The van der Waals surface area contributed by atoms with Crippen molar-refractivity contribution in [2.24, 2.45) is 0 Å². The Hall–Kier alpha value is -3.74. The molecule has 11 heteroatoms. The quantitative estimate of drug-likeness (QED) is 0.182. The predicted molar refractivity (Wildman–Crippen MR) is 174 cm³/mol. The number of benzene rings is 3. The lowest BCUT2D eigenvalue weighted by molar-refractivity contribution is 0.186. The molecule has 1 aliphatic rings. The van der Waals surface area contributed by atoms with Crippen LogP contribution >= 0.6 is 34.8 Å². The molecule has 3 heterocycles. The molecule has 0 spiro atoms. The highest BCUT2D eigenvalue weighted by Gasteiger charge is 2.25. The van der Waals surface area contributed by atoms with Gasteiger partial charge in [-0.1, -0.05) is 59.1 Å². The van der Waals surface area contributed by atoms with E-state index in [1.165, 1.54) is 18.3 Å². The molecular formula is C33H29Cl3FN7. The molecule has 3 aromatic carbocycles. The van der Waals surface area contributed by atoms with E-state index in [1.54, 1.807) is 6.07 Å². The first kappa shape index (κ1) is 30.3. The van der Waals surface area contributed by atoms with Crippen LogP contribution in [0.2, 0.25) is 15.1 Å². The summed E-state index contributed by atoms with van der Waals surface area (Å²) in [6.45, 7) is 5.35. The summed E-state index contributed by atoms with van der Waals surface area (Å²) in [6.07, 6.45) is 6.16. The molecule has 1 N–H and O–H groups in total. The maximum Gasteiger partial charge on any atom is 0.141 e. The Balaban J connectivity index is 1.38. The van der Waals surface area contributed by atoms with Crippen molar-refractivity contribution in [3.05, 3.63) is 110 Å². The molecule has 1 atom stereocenters. The summed E-state index contributed by atoms with van der Waals surface area (Å²) in [5.41, 5.74) is 4.71. The van der Waals surface area contributed by atoms with E-state index < -0.39 is 5.82 Å². The van der Waals surface area contributed by atoms with Crippen molar-refractivity contribution >= 4 is 57.1 Å². The van der Waals surface area contributed by atoms with Crippen molar-refractivity contribution in [3.8, 4) is 6.07 Å². The lowest BCUT2D eigenvalue weighted by Gasteiger charge is -2.30. The Morgan fingerprint density at radius 3 is 2.52 bits per heavy atom. The van der Waals surface area contributed by atoms with E-state index in [1.807, 2.05) is 41.1 Å². The van der Waals surface area contributed by atoms with E-state index in [-0.39, 0.29) is 10.9 Å². The molecule has 7 nitrogen and oxygen atoms in total. The van der Waals surface area contributed by atoms with Crippen molar-refractivity contribution in [2.45, 2.75) is 38.1 Å². The monoisotopic (exact) mass is 647 g/mol. The van der Waals surface area contributed by atoms with Gasteiger partial charge in [0.25, 0.3) is 0 Å². The Morgan fingerprint density at radius 2 is 1.82 bits per heavy atom. The molecular weight excluding hydrogens is 620 g/mol.